The Morgan fingerprint density at radius 2 is 1.74 bits per heavy atom. The van der Waals surface area contributed by atoms with Gasteiger partial charge < -0.3 is 14.9 Å². The SMILES string of the molecule is C.CN(C)C(=O)/C=C/c1ccc(C2c3ccc(O)cc3CCN2c2ccccc2)cc1. The summed E-state index contributed by atoms with van der Waals surface area (Å²) < 4.78 is 0. The van der Waals surface area contributed by atoms with E-state index in [9.17, 15) is 9.90 Å². The topological polar surface area (TPSA) is 43.8 Å². The van der Waals surface area contributed by atoms with E-state index in [-0.39, 0.29) is 19.4 Å². The molecule has 31 heavy (non-hydrogen) atoms. The highest BCUT2D eigenvalue weighted by atomic mass is 16.3. The minimum absolute atomic E-state index is 0. The molecule has 4 rings (SSSR count). The van der Waals surface area contributed by atoms with Crippen LogP contribution in [0.2, 0.25) is 0 Å². The summed E-state index contributed by atoms with van der Waals surface area (Å²) >= 11 is 0. The Morgan fingerprint density at radius 3 is 2.42 bits per heavy atom. The summed E-state index contributed by atoms with van der Waals surface area (Å²) in [6.45, 7) is 0.879. The zero-order chi connectivity index (χ0) is 21.1. The largest absolute Gasteiger partial charge is 0.508 e. The molecule has 1 unspecified atom stereocenters. The summed E-state index contributed by atoms with van der Waals surface area (Å²) in [5.74, 6) is 0.280. The van der Waals surface area contributed by atoms with Crippen LogP contribution >= 0.6 is 0 Å². The number of rotatable bonds is 4. The molecule has 0 saturated heterocycles. The molecule has 1 atom stereocenters. The number of likely N-dealkylation sites (N-methyl/N-ethyl adjacent to an activating group) is 1. The molecule has 3 aromatic rings. The first kappa shape index (κ1) is 22.2. The van der Waals surface area contributed by atoms with Crippen LogP contribution in [0.4, 0.5) is 5.69 Å². The Hall–Kier alpha value is -3.53. The second-order valence-electron chi connectivity index (χ2n) is 7.80. The van der Waals surface area contributed by atoms with Gasteiger partial charge in [-0.2, -0.15) is 0 Å². The van der Waals surface area contributed by atoms with Gasteiger partial charge in [-0.3, -0.25) is 4.79 Å². The molecule has 1 heterocycles. The smallest absolute Gasteiger partial charge is 0.246 e. The summed E-state index contributed by atoms with van der Waals surface area (Å²) in [5, 5.41) is 9.96. The number of fused-ring (bicyclic) bond motifs is 1. The number of benzene rings is 3. The third-order valence-electron chi connectivity index (χ3n) is 5.55. The van der Waals surface area contributed by atoms with Crippen LogP contribution in [0.15, 0.2) is 78.9 Å². The van der Waals surface area contributed by atoms with Crippen molar-refractivity contribution in [3.05, 3.63) is 101 Å². The molecule has 1 amide bonds. The lowest BCUT2D eigenvalue weighted by Gasteiger charge is -2.39. The summed E-state index contributed by atoms with van der Waals surface area (Å²) in [6.07, 6.45) is 4.32. The van der Waals surface area contributed by atoms with E-state index >= 15 is 0 Å². The van der Waals surface area contributed by atoms with Crippen LogP contribution in [-0.4, -0.2) is 36.6 Å². The minimum atomic E-state index is -0.0321. The van der Waals surface area contributed by atoms with Gasteiger partial charge in [-0.05, 0) is 59.0 Å². The van der Waals surface area contributed by atoms with Gasteiger partial charge in [0.1, 0.15) is 5.75 Å². The highest BCUT2D eigenvalue weighted by molar-refractivity contribution is 5.91. The molecule has 1 aliphatic rings. The van der Waals surface area contributed by atoms with Crippen molar-refractivity contribution >= 4 is 17.7 Å². The van der Waals surface area contributed by atoms with E-state index in [0.29, 0.717) is 5.75 Å². The maximum absolute atomic E-state index is 11.8. The molecule has 1 aliphatic heterocycles. The van der Waals surface area contributed by atoms with Crippen molar-refractivity contribution in [2.45, 2.75) is 19.9 Å². The van der Waals surface area contributed by atoms with Gasteiger partial charge in [0.15, 0.2) is 0 Å². The number of phenolic OH excluding ortho intramolecular Hbond substituents is 1. The standard InChI is InChI=1S/C26H26N2O2.CH4/c1-27(2)25(30)15-10-19-8-11-20(12-9-19)26-24-14-13-23(29)18-21(24)16-17-28(26)22-6-4-3-5-7-22;/h3-15,18,26,29H,16-17H2,1-2H3;1H4/b15-10+;. The average molecular weight is 415 g/mol. The van der Waals surface area contributed by atoms with Crippen molar-refractivity contribution < 1.29 is 9.90 Å². The summed E-state index contributed by atoms with van der Waals surface area (Å²) in [5.41, 5.74) is 5.76. The van der Waals surface area contributed by atoms with Gasteiger partial charge in [0.25, 0.3) is 0 Å². The van der Waals surface area contributed by atoms with Crippen LogP contribution in [0.5, 0.6) is 5.75 Å². The van der Waals surface area contributed by atoms with E-state index in [4.69, 9.17) is 0 Å². The zero-order valence-corrected chi connectivity index (χ0v) is 17.3. The van der Waals surface area contributed by atoms with Gasteiger partial charge in [0.2, 0.25) is 5.91 Å². The van der Waals surface area contributed by atoms with Crippen molar-refractivity contribution in [2.24, 2.45) is 0 Å². The van der Waals surface area contributed by atoms with Crippen molar-refractivity contribution in [3.8, 4) is 5.75 Å². The first-order valence-electron chi connectivity index (χ1n) is 10.2. The molecule has 4 nitrogen and oxygen atoms in total. The van der Waals surface area contributed by atoms with Crippen LogP contribution in [0.25, 0.3) is 6.08 Å². The fraction of sp³-hybridized carbons (Fsp3) is 0.222. The van der Waals surface area contributed by atoms with Crippen molar-refractivity contribution in [3.63, 3.8) is 0 Å². The lowest BCUT2D eigenvalue weighted by Crippen LogP contribution is -2.36. The zero-order valence-electron chi connectivity index (χ0n) is 17.3. The third-order valence-corrected chi connectivity index (χ3v) is 5.55. The van der Waals surface area contributed by atoms with E-state index in [0.717, 1.165) is 18.5 Å². The van der Waals surface area contributed by atoms with E-state index in [1.807, 2.05) is 36.4 Å². The molecular weight excluding hydrogens is 384 g/mol. The van der Waals surface area contributed by atoms with Gasteiger partial charge in [0.05, 0.1) is 6.04 Å². The quantitative estimate of drug-likeness (QED) is 0.591. The Bertz CT molecular complexity index is 1060. The molecule has 0 saturated carbocycles. The highest BCUT2D eigenvalue weighted by Crippen LogP contribution is 2.39. The van der Waals surface area contributed by atoms with Crippen molar-refractivity contribution in [1.82, 2.24) is 4.90 Å². The van der Waals surface area contributed by atoms with Gasteiger partial charge in [-0.15, -0.1) is 0 Å². The van der Waals surface area contributed by atoms with E-state index in [2.05, 4.69) is 41.3 Å². The number of phenols is 1. The van der Waals surface area contributed by atoms with E-state index in [1.165, 1.54) is 22.4 Å². The first-order chi connectivity index (χ1) is 14.5. The maximum Gasteiger partial charge on any atom is 0.246 e. The summed E-state index contributed by atoms with van der Waals surface area (Å²) in [6, 6.07) is 24.5. The second-order valence-corrected chi connectivity index (χ2v) is 7.80. The Morgan fingerprint density at radius 1 is 1.03 bits per heavy atom. The number of hydrogen-bond acceptors (Lipinski definition) is 3. The molecule has 0 aliphatic carbocycles. The van der Waals surface area contributed by atoms with Crippen LogP contribution in [0.1, 0.15) is 35.7 Å². The predicted octanol–water partition coefficient (Wildman–Crippen LogP) is 5.28. The first-order valence-corrected chi connectivity index (χ1v) is 10.2. The third kappa shape index (κ3) is 4.80. The number of aromatic hydroxyl groups is 1. The highest BCUT2D eigenvalue weighted by Gasteiger charge is 2.29. The monoisotopic (exact) mass is 414 g/mol. The number of hydrogen-bond donors (Lipinski definition) is 1. The number of carbonyl (C=O) groups is 1. The summed E-state index contributed by atoms with van der Waals surface area (Å²) in [7, 11) is 3.48. The van der Waals surface area contributed by atoms with Crippen LogP contribution in [0.3, 0.4) is 0 Å². The van der Waals surface area contributed by atoms with E-state index in [1.54, 1.807) is 31.1 Å². The van der Waals surface area contributed by atoms with Gasteiger partial charge in [0, 0.05) is 32.4 Å². The van der Waals surface area contributed by atoms with Crippen LogP contribution < -0.4 is 4.90 Å². The normalized spacial score (nSPS) is 15.3. The number of amides is 1. The van der Waals surface area contributed by atoms with Crippen molar-refractivity contribution in [1.29, 1.82) is 0 Å². The lowest BCUT2D eigenvalue weighted by atomic mass is 9.87. The molecule has 3 aromatic carbocycles. The van der Waals surface area contributed by atoms with Gasteiger partial charge >= 0.3 is 0 Å². The lowest BCUT2D eigenvalue weighted by molar-refractivity contribution is -0.123. The molecule has 0 radical (unpaired) electrons. The number of para-hydroxylation sites is 1. The van der Waals surface area contributed by atoms with Crippen molar-refractivity contribution in [2.75, 3.05) is 25.5 Å². The second kappa shape index (κ2) is 9.52. The molecule has 0 bridgehead atoms. The molecule has 4 heteroatoms. The van der Waals surface area contributed by atoms with E-state index < -0.39 is 0 Å². The Kier molecular flexibility index (Phi) is 6.81. The minimum Gasteiger partial charge on any atom is -0.508 e. The molecule has 0 fully saturated rings. The molecule has 0 aromatic heterocycles. The van der Waals surface area contributed by atoms with Gasteiger partial charge in [-0.25, -0.2) is 0 Å². The Labute approximate surface area is 185 Å². The fourth-order valence-corrected chi connectivity index (χ4v) is 3.98. The predicted molar refractivity (Wildman–Crippen MR) is 128 cm³/mol. The number of nitrogens with zero attached hydrogens (tertiary/aromatic N) is 2. The molecule has 160 valence electrons. The summed E-state index contributed by atoms with van der Waals surface area (Å²) in [4.78, 5) is 15.8. The molecule has 1 N–H and O–H groups in total. The number of anilines is 1. The Balaban J connectivity index is 0.00000272. The number of carbonyl (C=O) groups excluding carboxylic acids is 1. The van der Waals surface area contributed by atoms with Crippen LogP contribution in [0, 0.1) is 0 Å². The fourth-order valence-electron chi connectivity index (χ4n) is 3.98. The maximum atomic E-state index is 11.8. The molecule has 0 spiro atoms. The van der Waals surface area contributed by atoms with Crippen LogP contribution in [-0.2, 0) is 11.2 Å². The molecular formula is C27H30N2O2. The average Bonchev–Trinajstić information content (AvgIpc) is 2.77. The van der Waals surface area contributed by atoms with Gasteiger partial charge in [-0.1, -0.05) is 56.0 Å².